The molecule has 170 valence electrons. The molecule has 0 aromatic heterocycles. The Morgan fingerprint density at radius 1 is 1.00 bits per heavy atom. The van der Waals surface area contributed by atoms with Gasteiger partial charge in [0.15, 0.2) is 0 Å². The molecular weight excluding hydrogens is 399 g/mol. The van der Waals surface area contributed by atoms with Gasteiger partial charge in [-0.1, -0.05) is 18.6 Å². The molecule has 2 unspecified atom stereocenters. The number of benzene rings is 1. The van der Waals surface area contributed by atoms with Crippen molar-refractivity contribution in [3.05, 3.63) is 35.6 Å². The Hall–Kier alpha value is -2.64. The summed E-state index contributed by atoms with van der Waals surface area (Å²) in [7, 11) is 0. The summed E-state index contributed by atoms with van der Waals surface area (Å²) in [5.41, 5.74) is 0.0833. The minimum atomic E-state index is -0.514. The summed E-state index contributed by atoms with van der Waals surface area (Å²) in [6, 6.07) is 5.83. The lowest BCUT2D eigenvalue weighted by Gasteiger charge is -2.33. The molecule has 1 saturated carbocycles. The van der Waals surface area contributed by atoms with Gasteiger partial charge < -0.3 is 20.9 Å². The zero-order valence-corrected chi connectivity index (χ0v) is 18.3. The highest BCUT2D eigenvalue weighted by Crippen LogP contribution is 2.25. The van der Waals surface area contributed by atoms with E-state index in [9.17, 15) is 18.8 Å². The molecule has 1 aliphatic heterocycles. The third-order valence-electron chi connectivity index (χ3n) is 6.03. The van der Waals surface area contributed by atoms with Crippen molar-refractivity contribution in [3.8, 4) is 0 Å². The van der Waals surface area contributed by atoms with Gasteiger partial charge in [0, 0.05) is 37.1 Å². The van der Waals surface area contributed by atoms with E-state index >= 15 is 0 Å². The van der Waals surface area contributed by atoms with Gasteiger partial charge in [0.1, 0.15) is 5.82 Å². The lowest BCUT2D eigenvalue weighted by atomic mass is 9.85. The SMILES string of the molecule is CC(C)NC(=O)C1CCCC(NC(=O)NC2CCN(C(=O)c3ccccc3F)CC2)C1. The molecule has 2 fully saturated rings. The van der Waals surface area contributed by atoms with Crippen LogP contribution in [0.1, 0.15) is 62.7 Å². The Kier molecular flexibility index (Phi) is 7.87. The van der Waals surface area contributed by atoms with Crippen molar-refractivity contribution in [1.29, 1.82) is 0 Å². The van der Waals surface area contributed by atoms with Gasteiger partial charge in [0.2, 0.25) is 5.91 Å². The number of nitrogens with zero attached hydrogens (tertiary/aromatic N) is 1. The number of carbonyl (C=O) groups is 3. The van der Waals surface area contributed by atoms with Crippen LogP contribution < -0.4 is 16.0 Å². The van der Waals surface area contributed by atoms with E-state index in [0.717, 1.165) is 19.3 Å². The summed E-state index contributed by atoms with van der Waals surface area (Å²) in [5, 5.41) is 8.96. The molecule has 1 aliphatic carbocycles. The Morgan fingerprint density at radius 3 is 2.35 bits per heavy atom. The minimum absolute atomic E-state index is 0.0145. The molecule has 3 N–H and O–H groups in total. The molecule has 1 aromatic carbocycles. The molecule has 1 saturated heterocycles. The molecular formula is C23H33FN4O3. The highest BCUT2D eigenvalue weighted by Gasteiger charge is 2.30. The molecule has 1 heterocycles. The number of rotatable bonds is 5. The third-order valence-corrected chi connectivity index (χ3v) is 6.03. The van der Waals surface area contributed by atoms with E-state index in [1.54, 1.807) is 17.0 Å². The molecule has 7 nitrogen and oxygen atoms in total. The van der Waals surface area contributed by atoms with Crippen LogP contribution in [-0.4, -0.2) is 54.0 Å². The minimum Gasteiger partial charge on any atom is -0.354 e. The van der Waals surface area contributed by atoms with Crippen LogP contribution in [0.2, 0.25) is 0 Å². The van der Waals surface area contributed by atoms with Crippen LogP contribution in [0.4, 0.5) is 9.18 Å². The molecule has 8 heteroatoms. The number of halogens is 1. The second-order valence-electron chi connectivity index (χ2n) is 8.89. The number of amides is 4. The fraction of sp³-hybridized carbons (Fsp3) is 0.609. The monoisotopic (exact) mass is 432 g/mol. The van der Waals surface area contributed by atoms with Crippen LogP contribution in [0.15, 0.2) is 24.3 Å². The summed E-state index contributed by atoms with van der Waals surface area (Å²) in [4.78, 5) is 38.9. The lowest BCUT2D eigenvalue weighted by molar-refractivity contribution is -0.126. The first-order valence-corrected chi connectivity index (χ1v) is 11.2. The predicted octanol–water partition coefficient (Wildman–Crippen LogP) is 2.81. The summed E-state index contributed by atoms with van der Waals surface area (Å²) >= 11 is 0. The van der Waals surface area contributed by atoms with E-state index in [4.69, 9.17) is 0 Å². The van der Waals surface area contributed by atoms with Gasteiger partial charge in [-0.25, -0.2) is 9.18 Å². The van der Waals surface area contributed by atoms with Gasteiger partial charge in [-0.15, -0.1) is 0 Å². The van der Waals surface area contributed by atoms with E-state index in [-0.39, 0.29) is 47.5 Å². The highest BCUT2D eigenvalue weighted by molar-refractivity contribution is 5.94. The van der Waals surface area contributed by atoms with E-state index in [0.29, 0.717) is 32.4 Å². The van der Waals surface area contributed by atoms with Crippen molar-refractivity contribution in [2.75, 3.05) is 13.1 Å². The maximum Gasteiger partial charge on any atom is 0.315 e. The summed E-state index contributed by atoms with van der Waals surface area (Å²) < 4.78 is 13.9. The van der Waals surface area contributed by atoms with Crippen molar-refractivity contribution >= 4 is 17.8 Å². The van der Waals surface area contributed by atoms with Crippen molar-refractivity contribution in [3.63, 3.8) is 0 Å². The number of urea groups is 1. The van der Waals surface area contributed by atoms with E-state index in [1.165, 1.54) is 12.1 Å². The fourth-order valence-corrected chi connectivity index (χ4v) is 4.41. The zero-order valence-electron chi connectivity index (χ0n) is 18.3. The Bertz CT molecular complexity index is 793. The van der Waals surface area contributed by atoms with Crippen LogP contribution >= 0.6 is 0 Å². The summed E-state index contributed by atoms with van der Waals surface area (Å²) in [6.45, 7) is 4.83. The number of hydrogen-bond acceptors (Lipinski definition) is 3. The van der Waals surface area contributed by atoms with Gasteiger partial charge in [0.25, 0.3) is 5.91 Å². The van der Waals surface area contributed by atoms with Crippen molar-refractivity contribution in [2.24, 2.45) is 5.92 Å². The molecule has 0 bridgehead atoms. The zero-order chi connectivity index (χ0) is 22.4. The molecule has 2 atom stereocenters. The van der Waals surface area contributed by atoms with Gasteiger partial charge in [-0.3, -0.25) is 9.59 Å². The smallest absolute Gasteiger partial charge is 0.315 e. The van der Waals surface area contributed by atoms with Crippen LogP contribution in [0.5, 0.6) is 0 Å². The molecule has 0 spiro atoms. The Balaban J connectivity index is 1.42. The topological polar surface area (TPSA) is 90.5 Å². The summed E-state index contributed by atoms with van der Waals surface area (Å²) in [6.07, 6.45) is 4.54. The van der Waals surface area contributed by atoms with Crippen LogP contribution in [0, 0.1) is 11.7 Å². The van der Waals surface area contributed by atoms with Gasteiger partial charge in [-0.2, -0.15) is 0 Å². The Labute approximate surface area is 183 Å². The van der Waals surface area contributed by atoms with E-state index in [1.807, 2.05) is 13.8 Å². The van der Waals surface area contributed by atoms with E-state index in [2.05, 4.69) is 16.0 Å². The number of likely N-dealkylation sites (tertiary alicyclic amines) is 1. The maximum atomic E-state index is 13.9. The molecule has 31 heavy (non-hydrogen) atoms. The largest absolute Gasteiger partial charge is 0.354 e. The Morgan fingerprint density at radius 2 is 1.68 bits per heavy atom. The maximum absolute atomic E-state index is 13.9. The standard InChI is InChI=1S/C23H33FN4O3/c1-15(2)25-21(29)16-6-5-7-18(14-16)27-23(31)26-17-10-12-28(13-11-17)22(30)19-8-3-4-9-20(19)24/h3-4,8-9,15-18H,5-7,10-14H2,1-2H3,(H,25,29)(H2,26,27,31). The first-order chi connectivity index (χ1) is 14.8. The van der Waals surface area contributed by atoms with E-state index < -0.39 is 5.82 Å². The molecule has 0 radical (unpaired) electrons. The average molecular weight is 433 g/mol. The van der Waals surface area contributed by atoms with Crippen molar-refractivity contribution in [2.45, 2.75) is 70.5 Å². The number of carbonyl (C=O) groups excluding carboxylic acids is 3. The quantitative estimate of drug-likeness (QED) is 0.668. The van der Waals surface area contributed by atoms with Crippen molar-refractivity contribution < 1.29 is 18.8 Å². The van der Waals surface area contributed by atoms with Crippen molar-refractivity contribution in [1.82, 2.24) is 20.9 Å². The molecule has 2 aliphatic rings. The highest BCUT2D eigenvalue weighted by atomic mass is 19.1. The molecule has 4 amide bonds. The summed E-state index contributed by atoms with van der Waals surface area (Å²) in [5.74, 6) is -0.822. The van der Waals surface area contributed by atoms with Gasteiger partial charge in [0.05, 0.1) is 5.56 Å². The third kappa shape index (κ3) is 6.42. The first-order valence-electron chi connectivity index (χ1n) is 11.2. The molecule has 1 aromatic rings. The second-order valence-corrected chi connectivity index (χ2v) is 8.89. The van der Waals surface area contributed by atoms with Crippen LogP contribution in [0.3, 0.4) is 0 Å². The first kappa shape index (κ1) is 23.0. The predicted molar refractivity (Wildman–Crippen MR) is 116 cm³/mol. The fourth-order valence-electron chi connectivity index (χ4n) is 4.41. The average Bonchev–Trinajstić information content (AvgIpc) is 2.74. The number of nitrogens with one attached hydrogen (secondary N) is 3. The molecule has 3 rings (SSSR count). The number of hydrogen-bond donors (Lipinski definition) is 3. The number of piperidine rings is 1. The van der Waals surface area contributed by atoms with Gasteiger partial charge >= 0.3 is 6.03 Å². The van der Waals surface area contributed by atoms with Gasteiger partial charge in [-0.05, 0) is 58.1 Å². The normalized spacial score (nSPS) is 22.1. The lowest BCUT2D eigenvalue weighted by Crippen LogP contribution is -2.52. The van der Waals surface area contributed by atoms with Crippen LogP contribution in [-0.2, 0) is 4.79 Å². The second kappa shape index (κ2) is 10.6. The van der Waals surface area contributed by atoms with Crippen LogP contribution in [0.25, 0.3) is 0 Å².